The third-order valence-corrected chi connectivity index (χ3v) is 4.64. The highest BCUT2D eigenvalue weighted by molar-refractivity contribution is 5.14. The molecule has 0 aromatic heterocycles. The molecule has 2 heteroatoms. The van der Waals surface area contributed by atoms with Gasteiger partial charge in [0.15, 0.2) is 0 Å². The molecule has 3 rings (SSSR count). The first-order valence-corrected chi connectivity index (χ1v) is 7.25. The van der Waals surface area contributed by atoms with Crippen LogP contribution in [0.4, 0.5) is 0 Å². The van der Waals surface area contributed by atoms with Crippen LogP contribution in [0.1, 0.15) is 31.2 Å². The van der Waals surface area contributed by atoms with E-state index >= 15 is 0 Å². The van der Waals surface area contributed by atoms with Crippen molar-refractivity contribution in [2.24, 2.45) is 11.8 Å². The normalized spacial score (nSPS) is 33.1. The topological polar surface area (TPSA) is 23.5 Å². The fourth-order valence-corrected chi connectivity index (χ4v) is 3.62. The number of aliphatic hydroxyl groups excluding tert-OH is 1. The summed E-state index contributed by atoms with van der Waals surface area (Å²) in [4.78, 5) is 2.60. The molecule has 0 radical (unpaired) electrons. The van der Waals surface area contributed by atoms with Crippen LogP contribution in [0.5, 0.6) is 0 Å². The first-order chi connectivity index (χ1) is 8.81. The lowest BCUT2D eigenvalue weighted by Gasteiger charge is -2.16. The molecule has 1 heterocycles. The van der Waals surface area contributed by atoms with Crippen LogP contribution in [0.25, 0.3) is 0 Å². The fraction of sp³-hybridized carbons (Fsp3) is 0.625. The van der Waals surface area contributed by atoms with E-state index in [-0.39, 0.29) is 6.10 Å². The van der Waals surface area contributed by atoms with E-state index in [0.29, 0.717) is 0 Å². The summed E-state index contributed by atoms with van der Waals surface area (Å²) >= 11 is 0. The molecule has 1 saturated carbocycles. The molecular formula is C16H23NO. The maximum Gasteiger partial charge on any atom is 0.0540 e. The van der Waals surface area contributed by atoms with Gasteiger partial charge in [-0.3, -0.25) is 4.90 Å². The Kier molecular flexibility index (Phi) is 3.67. The number of nitrogens with zero attached hydrogens (tertiary/aromatic N) is 1. The van der Waals surface area contributed by atoms with Crippen LogP contribution >= 0.6 is 0 Å². The van der Waals surface area contributed by atoms with Gasteiger partial charge in [-0.05, 0) is 43.1 Å². The summed E-state index contributed by atoms with van der Waals surface area (Å²) in [5.74, 6) is 1.65. The van der Waals surface area contributed by atoms with E-state index in [4.69, 9.17) is 0 Å². The molecule has 2 fully saturated rings. The highest BCUT2D eigenvalue weighted by atomic mass is 16.3. The predicted molar refractivity (Wildman–Crippen MR) is 73.2 cm³/mol. The maximum absolute atomic E-state index is 9.73. The zero-order valence-corrected chi connectivity index (χ0v) is 11.0. The van der Waals surface area contributed by atoms with Crippen molar-refractivity contribution in [3.8, 4) is 0 Å². The number of hydrogen-bond acceptors (Lipinski definition) is 2. The van der Waals surface area contributed by atoms with Crippen molar-refractivity contribution in [2.75, 3.05) is 13.1 Å². The Hall–Kier alpha value is -0.860. The third-order valence-electron chi connectivity index (χ3n) is 4.64. The van der Waals surface area contributed by atoms with Crippen molar-refractivity contribution in [3.63, 3.8) is 0 Å². The van der Waals surface area contributed by atoms with Gasteiger partial charge in [0.2, 0.25) is 0 Å². The van der Waals surface area contributed by atoms with Crippen molar-refractivity contribution in [1.29, 1.82) is 0 Å². The predicted octanol–water partition coefficient (Wildman–Crippen LogP) is 2.67. The summed E-state index contributed by atoms with van der Waals surface area (Å²) in [5.41, 5.74) is 1.42. The quantitative estimate of drug-likeness (QED) is 0.866. The molecule has 2 unspecified atom stereocenters. The molecule has 0 amide bonds. The van der Waals surface area contributed by atoms with Gasteiger partial charge < -0.3 is 5.11 Å². The molecule has 1 aromatic rings. The Morgan fingerprint density at radius 1 is 0.944 bits per heavy atom. The van der Waals surface area contributed by atoms with Crippen molar-refractivity contribution in [1.82, 2.24) is 4.90 Å². The Morgan fingerprint density at radius 3 is 2.17 bits per heavy atom. The molecule has 2 aliphatic rings. The van der Waals surface area contributed by atoms with E-state index in [9.17, 15) is 5.11 Å². The number of rotatable bonds is 2. The van der Waals surface area contributed by atoms with Crippen LogP contribution < -0.4 is 0 Å². The molecule has 1 aliphatic carbocycles. The number of aliphatic hydroxyl groups is 1. The molecule has 98 valence electrons. The van der Waals surface area contributed by atoms with E-state index < -0.39 is 0 Å². The highest BCUT2D eigenvalue weighted by Crippen LogP contribution is 2.35. The first kappa shape index (κ1) is 12.2. The van der Waals surface area contributed by atoms with Crippen molar-refractivity contribution in [2.45, 2.75) is 38.3 Å². The lowest BCUT2D eigenvalue weighted by Crippen LogP contribution is -2.21. The second-order valence-corrected chi connectivity index (χ2v) is 6.01. The van der Waals surface area contributed by atoms with Crippen LogP contribution in [0.2, 0.25) is 0 Å². The van der Waals surface area contributed by atoms with Gasteiger partial charge in [0, 0.05) is 19.6 Å². The minimum absolute atomic E-state index is 0.0295. The third kappa shape index (κ3) is 2.76. The molecule has 2 nitrogen and oxygen atoms in total. The summed E-state index contributed by atoms with van der Waals surface area (Å²) in [6, 6.07) is 10.8. The zero-order chi connectivity index (χ0) is 12.4. The maximum atomic E-state index is 9.73. The largest absolute Gasteiger partial charge is 0.393 e. The molecule has 2 atom stereocenters. The number of fused-ring (bicyclic) bond motifs is 1. The van der Waals surface area contributed by atoms with Gasteiger partial charge in [-0.1, -0.05) is 30.3 Å². The average Bonchev–Trinajstić information content (AvgIpc) is 2.69. The number of hydrogen-bond donors (Lipinski definition) is 1. The molecule has 0 spiro atoms. The van der Waals surface area contributed by atoms with Crippen molar-refractivity contribution >= 4 is 0 Å². The molecule has 18 heavy (non-hydrogen) atoms. The second kappa shape index (κ2) is 5.41. The number of benzene rings is 1. The SMILES string of the molecule is OC1CCC2CN(Cc3ccccc3)CC2CC1. The Balaban J connectivity index is 1.59. The summed E-state index contributed by atoms with van der Waals surface area (Å²) < 4.78 is 0. The molecule has 1 aromatic carbocycles. The van der Waals surface area contributed by atoms with Crippen LogP contribution in [0, 0.1) is 11.8 Å². The van der Waals surface area contributed by atoms with E-state index in [1.807, 2.05) is 0 Å². The first-order valence-electron chi connectivity index (χ1n) is 7.25. The van der Waals surface area contributed by atoms with E-state index in [1.54, 1.807) is 0 Å². The molecular weight excluding hydrogens is 222 g/mol. The molecule has 1 aliphatic heterocycles. The van der Waals surface area contributed by atoms with E-state index in [1.165, 1.54) is 31.5 Å². The van der Waals surface area contributed by atoms with Gasteiger partial charge in [-0.25, -0.2) is 0 Å². The minimum Gasteiger partial charge on any atom is -0.393 e. The lowest BCUT2D eigenvalue weighted by atomic mass is 9.92. The van der Waals surface area contributed by atoms with Crippen LogP contribution in [0.15, 0.2) is 30.3 Å². The smallest absolute Gasteiger partial charge is 0.0540 e. The van der Waals surface area contributed by atoms with Gasteiger partial charge in [0.1, 0.15) is 0 Å². The standard InChI is InChI=1S/C16H23NO/c18-16-8-6-14-11-17(12-15(14)7-9-16)10-13-4-2-1-3-5-13/h1-5,14-16,18H,6-12H2. The average molecular weight is 245 g/mol. The summed E-state index contributed by atoms with van der Waals surface area (Å²) in [5, 5.41) is 9.73. The van der Waals surface area contributed by atoms with E-state index in [0.717, 1.165) is 31.2 Å². The second-order valence-electron chi connectivity index (χ2n) is 6.01. The molecule has 1 N–H and O–H groups in total. The van der Waals surface area contributed by atoms with Gasteiger partial charge >= 0.3 is 0 Å². The fourth-order valence-electron chi connectivity index (χ4n) is 3.62. The van der Waals surface area contributed by atoms with Gasteiger partial charge in [-0.15, -0.1) is 0 Å². The summed E-state index contributed by atoms with van der Waals surface area (Å²) in [6.07, 6.45) is 4.44. The molecule has 0 bridgehead atoms. The highest BCUT2D eigenvalue weighted by Gasteiger charge is 2.34. The Bertz CT molecular complexity index is 362. The molecule has 1 saturated heterocycles. The van der Waals surface area contributed by atoms with Crippen LogP contribution in [-0.4, -0.2) is 29.2 Å². The lowest BCUT2D eigenvalue weighted by molar-refractivity contribution is 0.151. The van der Waals surface area contributed by atoms with E-state index in [2.05, 4.69) is 35.2 Å². The zero-order valence-electron chi connectivity index (χ0n) is 11.0. The van der Waals surface area contributed by atoms with Crippen molar-refractivity contribution in [3.05, 3.63) is 35.9 Å². The van der Waals surface area contributed by atoms with Crippen molar-refractivity contribution < 1.29 is 5.11 Å². The summed E-state index contributed by atoms with van der Waals surface area (Å²) in [7, 11) is 0. The van der Waals surface area contributed by atoms with Gasteiger partial charge in [0.05, 0.1) is 6.10 Å². The van der Waals surface area contributed by atoms with Crippen LogP contribution in [-0.2, 0) is 6.54 Å². The monoisotopic (exact) mass is 245 g/mol. The number of likely N-dealkylation sites (tertiary alicyclic amines) is 1. The summed E-state index contributed by atoms with van der Waals surface area (Å²) in [6.45, 7) is 3.55. The minimum atomic E-state index is -0.0295. The van der Waals surface area contributed by atoms with Crippen LogP contribution in [0.3, 0.4) is 0 Å². The Labute approximate surface area is 110 Å². The van der Waals surface area contributed by atoms with Gasteiger partial charge in [0.25, 0.3) is 0 Å². The Morgan fingerprint density at radius 2 is 1.56 bits per heavy atom. The van der Waals surface area contributed by atoms with Gasteiger partial charge in [-0.2, -0.15) is 0 Å².